The van der Waals surface area contributed by atoms with Gasteiger partial charge in [0.15, 0.2) is 0 Å². The molecule has 3 rings (SSSR count). The van der Waals surface area contributed by atoms with Gasteiger partial charge in [-0.2, -0.15) is 0 Å². The van der Waals surface area contributed by atoms with E-state index in [2.05, 4.69) is 35.2 Å². The van der Waals surface area contributed by atoms with Crippen molar-refractivity contribution in [2.75, 3.05) is 13.1 Å². The Morgan fingerprint density at radius 1 is 0.952 bits per heavy atom. The molecule has 1 aromatic carbocycles. The summed E-state index contributed by atoms with van der Waals surface area (Å²) >= 11 is 0. The Bertz CT molecular complexity index is 415. The Balaban J connectivity index is 1.79. The van der Waals surface area contributed by atoms with Crippen LogP contribution in [0.2, 0.25) is 0 Å². The topological polar surface area (TPSA) is 29.3 Å². The maximum absolute atomic E-state index is 5.87. The molecule has 3 unspecified atom stereocenters. The molecule has 1 aromatic rings. The maximum atomic E-state index is 5.87. The molecule has 116 valence electrons. The van der Waals surface area contributed by atoms with E-state index in [-0.39, 0.29) is 0 Å². The Labute approximate surface area is 129 Å². The van der Waals surface area contributed by atoms with Gasteiger partial charge in [-0.15, -0.1) is 0 Å². The molecule has 0 radical (unpaired) electrons. The first-order chi connectivity index (χ1) is 10.4. The second-order valence-corrected chi connectivity index (χ2v) is 6.83. The highest BCUT2D eigenvalue weighted by atomic mass is 15.2. The molecular weight excluding hydrogens is 256 g/mol. The van der Waals surface area contributed by atoms with Crippen LogP contribution < -0.4 is 5.73 Å². The van der Waals surface area contributed by atoms with E-state index in [4.69, 9.17) is 5.73 Å². The predicted octanol–water partition coefficient (Wildman–Crippen LogP) is 3.92. The van der Waals surface area contributed by atoms with Crippen LogP contribution in [0.4, 0.5) is 0 Å². The van der Waals surface area contributed by atoms with Crippen molar-refractivity contribution in [2.45, 2.75) is 69.4 Å². The highest BCUT2D eigenvalue weighted by Gasteiger charge is 2.35. The van der Waals surface area contributed by atoms with Crippen LogP contribution in [-0.2, 0) is 0 Å². The first-order valence-electron chi connectivity index (χ1n) is 8.91. The quantitative estimate of drug-likeness (QED) is 0.909. The number of nitrogens with two attached hydrogens (primary N) is 1. The van der Waals surface area contributed by atoms with Crippen LogP contribution in [-0.4, -0.2) is 30.1 Å². The van der Waals surface area contributed by atoms with Crippen LogP contribution in [0.1, 0.15) is 62.8 Å². The number of piperidine rings is 1. The average molecular weight is 286 g/mol. The first-order valence-corrected chi connectivity index (χ1v) is 8.91. The van der Waals surface area contributed by atoms with Gasteiger partial charge in [0.2, 0.25) is 0 Å². The third-order valence-corrected chi connectivity index (χ3v) is 5.56. The van der Waals surface area contributed by atoms with E-state index in [1.807, 2.05) is 0 Å². The number of hydrogen-bond donors (Lipinski definition) is 1. The SMILES string of the molecule is NCCC1CCCCN1C1CCCCC1c1ccccc1. The Hall–Kier alpha value is -0.860. The van der Waals surface area contributed by atoms with Crippen molar-refractivity contribution in [3.8, 4) is 0 Å². The molecule has 2 nitrogen and oxygen atoms in total. The molecule has 1 aliphatic carbocycles. The number of likely N-dealkylation sites (tertiary alicyclic amines) is 1. The Morgan fingerprint density at radius 2 is 1.71 bits per heavy atom. The minimum Gasteiger partial charge on any atom is -0.330 e. The summed E-state index contributed by atoms with van der Waals surface area (Å²) in [6, 6.07) is 12.7. The summed E-state index contributed by atoms with van der Waals surface area (Å²) in [6.07, 6.45) is 10.8. The smallest absolute Gasteiger partial charge is 0.0167 e. The molecule has 0 spiro atoms. The standard InChI is InChI=1S/C19H30N2/c20-14-13-17-10-6-7-15-21(17)19-12-5-4-11-18(19)16-8-2-1-3-9-16/h1-3,8-9,17-19H,4-7,10-15,20H2. The largest absolute Gasteiger partial charge is 0.330 e. The van der Waals surface area contributed by atoms with E-state index in [0.29, 0.717) is 0 Å². The molecule has 2 fully saturated rings. The molecule has 0 amide bonds. The molecule has 1 heterocycles. The fourth-order valence-corrected chi connectivity index (χ4v) is 4.56. The summed E-state index contributed by atoms with van der Waals surface area (Å²) in [5, 5.41) is 0. The molecule has 2 heteroatoms. The minimum absolute atomic E-state index is 0.734. The third-order valence-electron chi connectivity index (χ3n) is 5.56. The van der Waals surface area contributed by atoms with Gasteiger partial charge in [-0.25, -0.2) is 0 Å². The molecule has 1 saturated carbocycles. The zero-order valence-corrected chi connectivity index (χ0v) is 13.2. The van der Waals surface area contributed by atoms with Crippen molar-refractivity contribution in [1.29, 1.82) is 0 Å². The second kappa shape index (κ2) is 7.42. The van der Waals surface area contributed by atoms with E-state index in [0.717, 1.165) is 24.5 Å². The monoisotopic (exact) mass is 286 g/mol. The molecular formula is C19H30N2. The molecule has 0 aromatic heterocycles. The van der Waals surface area contributed by atoms with Crippen LogP contribution in [0.5, 0.6) is 0 Å². The maximum Gasteiger partial charge on any atom is 0.0167 e. The van der Waals surface area contributed by atoms with Crippen molar-refractivity contribution in [3.05, 3.63) is 35.9 Å². The highest BCUT2D eigenvalue weighted by Crippen LogP contribution is 2.38. The summed E-state index contributed by atoms with van der Waals surface area (Å²) < 4.78 is 0. The lowest BCUT2D eigenvalue weighted by Gasteiger charge is -2.46. The van der Waals surface area contributed by atoms with Crippen molar-refractivity contribution in [2.24, 2.45) is 5.73 Å². The molecule has 1 aliphatic heterocycles. The lowest BCUT2D eigenvalue weighted by molar-refractivity contribution is 0.0565. The van der Waals surface area contributed by atoms with E-state index in [1.54, 1.807) is 5.56 Å². The van der Waals surface area contributed by atoms with Crippen LogP contribution in [0.3, 0.4) is 0 Å². The summed E-state index contributed by atoms with van der Waals surface area (Å²) in [7, 11) is 0. The normalized spacial score (nSPS) is 31.2. The lowest BCUT2D eigenvalue weighted by atomic mass is 9.77. The minimum atomic E-state index is 0.734. The first kappa shape index (κ1) is 15.1. The molecule has 0 bridgehead atoms. The van der Waals surface area contributed by atoms with E-state index in [9.17, 15) is 0 Å². The van der Waals surface area contributed by atoms with Gasteiger partial charge >= 0.3 is 0 Å². The van der Waals surface area contributed by atoms with Gasteiger partial charge in [-0.1, -0.05) is 49.6 Å². The zero-order valence-electron chi connectivity index (χ0n) is 13.2. The molecule has 3 atom stereocenters. The fraction of sp³-hybridized carbons (Fsp3) is 0.684. The summed E-state index contributed by atoms with van der Waals surface area (Å²) in [5.74, 6) is 0.735. The number of rotatable bonds is 4. The van der Waals surface area contributed by atoms with Crippen LogP contribution in [0.15, 0.2) is 30.3 Å². The highest BCUT2D eigenvalue weighted by molar-refractivity contribution is 5.22. The Morgan fingerprint density at radius 3 is 2.52 bits per heavy atom. The van der Waals surface area contributed by atoms with Gasteiger partial charge in [0.25, 0.3) is 0 Å². The van der Waals surface area contributed by atoms with Gasteiger partial charge in [0.05, 0.1) is 0 Å². The molecule has 2 N–H and O–H groups in total. The second-order valence-electron chi connectivity index (χ2n) is 6.83. The van der Waals surface area contributed by atoms with Crippen LogP contribution in [0, 0.1) is 0 Å². The van der Waals surface area contributed by atoms with Gasteiger partial charge in [0, 0.05) is 12.1 Å². The number of hydrogen-bond acceptors (Lipinski definition) is 2. The van der Waals surface area contributed by atoms with E-state index in [1.165, 1.54) is 57.9 Å². The van der Waals surface area contributed by atoms with Gasteiger partial charge < -0.3 is 5.73 Å². The van der Waals surface area contributed by atoms with Gasteiger partial charge in [-0.05, 0) is 56.7 Å². The predicted molar refractivity (Wildman–Crippen MR) is 89.5 cm³/mol. The summed E-state index contributed by atoms with van der Waals surface area (Å²) in [6.45, 7) is 2.13. The van der Waals surface area contributed by atoms with Crippen molar-refractivity contribution < 1.29 is 0 Å². The fourth-order valence-electron chi connectivity index (χ4n) is 4.56. The van der Waals surface area contributed by atoms with E-state index >= 15 is 0 Å². The van der Waals surface area contributed by atoms with Crippen LogP contribution >= 0.6 is 0 Å². The van der Waals surface area contributed by atoms with Crippen molar-refractivity contribution >= 4 is 0 Å². The molecule has 21 heavy (non-hydrogen) atoms. The van der Waals surface area contributed by atoms with Crippen molar-refractivity contribution in [3.63, 3.8) is 0 Å². The molecule has 1 saturated heterocycles. The lowest BCUT2D eigenvalue weighted by Crippen LogP contribution is -2.50. The van der Waals surface area contributed by atoms with E-state index < -0.39 is 0 Å². The van der Waals surface area contributed by atoms with Gasteiger partial charge in [-0.3, -0.25) is 4.90 Å². The molecule has 2 aliphatic rings. The third kappa shape index (κ3) is 3.49. The number of nitrogens with zero attached hydrogens (tertiary/aromatic N) is 1. The zero-order chi connectivity index (χ0) is 14.5. The van der Waals surface area contributed by atoms with Gasteiger partial charge in [0.1, 0.15) is 0 Å². The number of benzene rings is 1. The van der Waals surface area contributed by atoms with Crippen LogP contribution in [0.25, 0.3) is 0 Å². The average Bonchev–Trinajstić information content (AvgIpc) is 2.57. The summed E-state index contributed by atoms with van der Waals surface area (Å²) in [5.41, 5.74) is 7.43. The Kier molecular flexibility index (Phi) is 5.32. The van der Waals surface area contributed by atoms with Crippen molar-refractivity contribution in [1.82, 2.24) is 4.90 Å². The summed E-state index contributed by atoms with van der Waals surface area (Å²) in [4.78, 5) is 2.84.